The van der Waals surface area contributed by atoms with Crippen molar-refractivity contribution in [1.29, 1.82) is 0 Å². The molecule has 0 unspecified atom stereocenters. The van der Waals surface area contributed by atoms with Gasteiger partial charge in [0.1, 0.15) is 15.6 Å². The van der Waals surface area contributed by atoms with E-state index in [2.05, 4.69) is 27.3 Å². The number of thioether (sulfide) groups is 1. The lowest BCUT2D eigenvalue weighted by Crippen LogP contribution is -2.34. The Kier molecular flexibility index (Phi) is 4.23. The third kappa shape index (κ3) is 2.63. The number of anilines is 1. The Morgan fingerprint density at radius 2 is 2.28 bits per heavy atom. The van der Waals surface area contributed by atoms with Crippen molar-refractivity contribution in [2.24, 2.45) is 0 Å². The molecule has 2 aromatic rings. The van der Waals surface area contributed by atoms with Gasteiger partial charge in [0.25, 0.3) is 0 Å². The van der Waals surface area contributed by atoms with Gasteiger partial charge in [-0.25, -0.2) is 4.98 Å². The Morgan fingerprint density at radius 3 is 3.12 bits per heavy atom. The summed E-state index contributed by atoms with van der Waals surface area (Å²) >= 11 is 2.93. The lowest BCUT2D eigenvalue weighted by Gasteiger charge is -2.31. The third-order valence-corrected chi connectivity index (χ3v) is 6.69. The summed E-state index contributed by atoms with van der Waals surface area (Å²) in [5, 5.41) is 13.5. The van der Waals surface area contributed by atoms with E-state index in [0.717, 1.165) is 34.0 Å². The van der Waals surface area contributed by atoms with Gasteiger partial charge in [0.15, 0.2) is 0 Å². The predicted molar refractivity (Wildman–Crippen MR) is 102 cm³/mol. The normalized spacial score (nSPS) is 23.1. The van der Waals surface area contributed by atoms with Crippen LogP contribution in [0.15, 0.2) is 43.0 Å². The van der Waals surface area contributed by atoms with Crippen LogP contribution in [0.5, 0.6) is 0 Å². The van der Waals surface area contributed by atoms with E-state index in [9.17, 15) is 9.90 Å². The molecule has 1 amide bonds. The fourth-order valence-electron chi connectivity index (χ4n) is 3.23. The van der Waals surface area contributed by atoms with Crippen molar-refractivity contribution in [3.63, 3.8) is 0 Å². The zero-order valence-corrected chi connectivity index (χ0v) is 15.1. The van der Waals surface area contributed by atoms with Crippen molar-refractivity contribution in [3.8, 4) is 0 Å². The molecule has 2 aliphatic heterocycles. The first-order valence-corrected chi connectivity index (χ1v) is 9.80. The number of fused-ring (bicyclic) bond motifs is 2. The van der Waals surface area contributed by atoms with E-state index in [1.54, 1.807) is 11.8 Å². The highest BCUT2D eigenvalue weighted by molar-refractivity contribution is 8.01. The Bertz CT molecular complexity index is 877. The number of aliphatic hydroxyl groups excluding tert-OH is 1. The number of amides is 1. The van der Waals surface area contributed by atoms with Crippen molar-refractivity contribution < 1.29 is 9.90 Å². The Labute approximate surface area is 154 Å². The Morgan fingerprint density at radius 1 is 1.44 bits per heavy atom. The number of para-hydroxylation sites is 1. The maximum atomic E-state index is 13.0. The van der Waals surface area contributed by atoms with Crippen LogP contribution in [0.2, 0.25) is 0 Å². The van der Waals surface area contributed by atoms with Gasteiger partial charge in [0.05, 0.1) is 6.10 Å². The predicted octanol–water partition coefficient (Wildman–Crippen LogP) is 3.00. The summed E-state index contributed by atoms with van der Waals surface area (Å²) in [7, 11) is 0. The van der Waals surface area contributed by atoms with Crippen LogP contribution in [0.25, 0.3) is 5.57 Å². The van der Waals surface area contributed by atoms with E-state index in [0.29, 0.717) is 12.2 Å². The van der Waals surface area contributed by atoms with E-state index in [4.69, 9.17) is 0 Å². The number of nitrogens with zero attached hydrogens (tertiary/aromatic N) is 2. The second-order valence-electron chi connectivity index (χ2n) is 5.96. The molecule has 4 rings (SSSR count). The molecule has 3 heterocycles. The monoisotopic (exact) mass is 371 g/mol. The van der Waals surface area contributed by atoms with Crippen LogP contribution in [0, 0.1) is 0 Å². The number of aliphatic hydroxyl groups is 1. The Hall–Kier alpha value is -1.96. The molecule has 1 spiro atoms. The van der Waals surface area contributed by atoms with E-state index < -0.39 is 10.9 Å². The lowest BCUT2D eigenvalue weighted by molar-refractivity contribution is -0.116. The minimum atomic E-state index is -0.761. The molecule has 7 heteroatoms. The summed E-state index contributed by atoms with van der Waals surface area (Å²) in [5.74, 6) is 1.43. The summed E-state index contributed by atoms with van der Waals surface area (Å²) < 4.78 is 3.59. The number of carbonyl (C=O) groups is 1. The topological polar surface area (TPSA) is 75.1 Å². The van der Waals surface area contributed by atoms with Crippen molar-refractivity contribution in [3.05, 3.63) is 59.4 Å². The van der Waals surface area contributed by atoms with E-state index in [1.807, 2.05) is 24.3 Å². The standard InChI is InChI=1S/C18H17N3O2S2/c1-2-11(22)10-15-20-16(25-21-15)13-7-5-9-24-18(13)12-6-3-4-8-14(12)19-17(18)23/h2-4,6-8,11,22H,1,5,9-10H2,(H,19,23)/t11-,18+/m1/s1. The van der Waals surface area contributed by atoms with Gasteiger partial charge in [-0.3, -0.25) is 4.79 Å². The third-order valence-electron chi connectivity index (χ3n) is 4.40. The number of rotatable bonds is 4. The van der Waals surface area contributed by atoms with Crippen LogP contribution in [0.3, 0.4) is 0 Å². The minimum absolute atomic E-state index is 0.0208. The van der Waals surface area contributed by atoms with Crippen LogP contribution < -0.4 is 5.32 Å². The van der Waals surface area contributed by atoms with Crippen LogP contribution >= 0.6 is 23.3 Å². The maximum Gasteiger partial charge on any atom is 0.249 e. The molecule has 0 fully saturated rings. The zero-order valence-electron chi connectivity index (χ0n) is 13.4. The highest BCUT2D eigenvalue weighted by Gasteiger charge is 2.52. The quantitative estimate of drug-likeness (QED) is 0.808. The van der Waals surface area contributed by atoms with Crippen LogP contribution in [0.1, 0.15) is 22.8 Å². The van der Waals surface area contributed by atoms with Gasteiger partial charge in [-0.1, -0.05) is 30.4 Å². The number of nitrogens with one attached hydrogen (secondary N) is 1. The van der Waals surface area contributed by atoms with Crippen molar-refractivity contribution in [2.75, 3.05) is 11.1 Å². The number of hydrogen-bond donors (Lipinski definition) is 2. The molecule has 0 saturated carbocycles. The highest BCUT2D eigenvalue weighted by Crippen LogP contribution is 2.56. The fourth-order valence-corrected chi connectivity index (χ4v) is 5.48. The molecule has 128 valence electrons. The lowest BCUT2D eigenvalue weighted by atomic mass is 9.90. The molecule has 0 saturated heterocycles. The summed E-state index contributed by atoms with van der Waals surface area (Å²) in [5.41, 5.74) is 2.75. The van der Waals surface area contributed by atoms with Crippen LogP contribution in [0.4, 0.5) is 5.69 Å². The second-order valence-corrected chi connectivity index (χ2v) is 8.02. The second kappa shape index (κ2) is 6.40. The maximum absolute atomic E-state index is 13.0. The first-order valence-electron chi connectivity index (χ1n) is 8.04. The molecule has 1 aromatic heterocycles. The number of benzene rings is 1. The van der Waals surface area contributed by atoms with Crippen molar-refractivity contribution in [1.82, 2.24) is 9.36 Å². The van der Waals surface area contributed by atoms with Gasteiger partial charge >= 0.3 is 0 Å². The number of carbonyl (C=O) groups excluding carboxylic acids is 1. The molecular weight excluding hydrogens is 354 g/mol. The smallest absolute Gasteiger partial charge is 0.249 e. The summed E-state index contributed by atoms with van der Waals surface area (Å²) in [6, 6.07) is 7.82. The number of allylic oxidation sites excluding steroid dienone is 1. The molecule has 0 radical (unpaired) electrons. The highest BCUT2D eigenvalue weighted by atomic mass is 32.2. The molecule has 1 aromatic carbocycles. The first kappa shape index (κ1) is 16.5. The molecule has 0 aliphatic carbocycles. The summed E-state index contributed by atoms with van der Waals surface area (Å²) in [6.07, 6.45) is 4.13. The largest absolute Gasteiger partial charge is 0.389 e. The molecule has 5 nitrogen and oxygen atoms in total. The van der Waals surface area contributed by atoms with Crippen molar-refractivity contribution >= 4 is 40.5 Å². The van der Waals surface area contributed by atoms with Crippen molar-refractivity contribution in [2.45, 2.75) is 23.7 Å². The van der Waals surface area contributed by atoms with Gasteiger partial charge in [-0.2, -0.15) is 4.37 Å². The molecular formula is C18H17N3O2S2. The SMILES string of the molecule is C=C[C@@H](O)Cc1nsc(C2=CCCS[C@]23C(=O)Nc2ccccc23)n1. The summed E-state index contributed by atoms with van der Waals surface area (Å²) in [6.45, 7) is 3.58. The number of aromatic nitrogens is 2. The van der Waals surface area contributed by atoms with Gasteiger partial charge in [-0.15, -0.1) is 18.3 Å². The average Bonchev–Trinajstić information content (AvgIpc) is 3.19. The Balaban J connectivity index is 1.77. The van der Waals surface area contributed by atoms with Gasteiger partial charge in [-0.05, 0) is 29.8 Å². The van der Waals surface area contributed by atoms with E-state index in [-0.39, 0.29) is 5.91 Å². The zero-order chi connectivity index (χ0) is 17.4. The molecule has 2 atom stereocenters. The molecule has 25 heavy (non-hydrogen) atoms. The van der Waals surface area contributed by atoms with Crippen LogP contribution in [-0.2, 0) is 16.0 Å². The number of hydrogen-bond acceptors (Lipinski definition) is 6. The average molecular weight is 371 g/mol. The molecule has 2 N–H and O–H groups in total. The molecule has 0 bridgehead atoms. The van der Waals surface area contributed by atoms with E-state index >= 15 is 0 Å². The van der Waals surface area contributed by atoms with Gasteiger partial charge < -0.3 is 10.4 Å². The first-order chi connectivity index (χ1) is 12.1. The van der Waals surface area contributed by atoms with Gasteiger partial charge in [0, 0.05) is 23.2 Å². The van der Waals surface area contributed by atoms with Crippen LogP contribution in [-0.4, -0.2) is 32.2 Å². The van der Waals surface area contributed by atoms with E-state index in [1.165, 1.54) is 17.6 Å². The molecule has 2 aliphatic rings. The summed E-state index contributed by atoms with van der Waals surface area (Å²) in [4.78, 5) is 17.5. The fraction of sp³-hybridized carbons (Fsp3) is 0.278. The van der Waals surface area contributed by atoms with Gasteiger partial charge in [0.2, 0.25) is 5.91 Å². The minimum Gasteiger partial charge on any atom is -0.389 e.